The van der Waals surface area contributed by atoms with E-state index < -0.39 is 17.3 Å². The van der Waals surface area contributed by atoms with Gasteiger partial charge in [-0.15, -0.1) is 0 Å². The minimum absolute atomic E-state index is 0.0688. The van der Waals surface area contributed by atoms with E-state index in [-0.39, 0.29) is 31.3 Å². The van der Waals surface area contributed by atoms with Gasteiger partial charge in [0.25, 0.3) is 0 Å². The first kappa shape index (κ1) is 20.5. The summed E-state index contributed by atoms with van der Waals surface area (Å²) < 4.78 is 10.7. The summed E-state index contributed by atoms with van der Waals surface area (Å²) in [5.74, 6) is 0. The number of nitrogens with zero attached hydrogens (tertiary/aromatic N) is 1. The van der Waals surface area contributed by atoms with Gasteiger partial charge in [0.2, 0.25) is 0 Å². The molecule has 28 heavy (non-hydrogen) atoms. The fourth-order valence-corrected chi connectivity index (χ4v) is 4.09. The molecule has 7 heteroatoms. The van der Waals surface area contributed by atoms with Gasteiger partial charge in [0, 0.05) is 18.6 Å². The summed E-state index contributed by atoms with van der Waals surface area (Å²) >= 11 is 0. The summed E-state index contributed by atoms with van der Waals surface area (Å²) in [5, 5.41) is 13.6. The number of aliphatic hydroxyl groups is 1. The molecule has 1 aromatic rings. The highest BCUT2D eigenvalue weighted by molar-refractivity contribution is 5.70. The van der Waals surface area contributed by atoms with E-state index in [0.29, 0.717) is 12.8 Å². The Hall–Kier alpha value is -2.28. The molecule has 0 saturated carbocycles. The number of carbonyl (C=O) groups excluding carboxylic acids is 2. The second kappa shape index (κ2) is 7.99. The van der Waals surface area contributed by atoms with E-state index in [0.717, 1.165) is 18.4 Å². The summed E-state index contributed by atoms with van der Waals surface area (Å²) in [5.41, 5.74) is -0.690. The second-order valence-electron chi connectivity index (χ2n) is 8.82. The molecule has 0 aliphatic carbocycles. The molecule has 2 amide bonds. The first-order chi connectivity index (χ1) is 13.2. The van der Waals surface area contributed by atoms with Crippen molar-refractivity contribution in [1.82, 2.24) is 10.2 Å². The number of nitrogens with one attached hydrogen (secondary N) is 1. The van der Waals surface area contributed by atoms with E-state index in [1.807, 2.05) is 51.1 Å². The zero-order valence-corrected chi connectivity index (χ0v) is 16.8. The molecule has 7 nitrogen and oxygen atoms in total. The van der Waals surface area contributed by atoms with Gasteiger partial charge < -0.3 is 24.8 Å². The van der Waals surface area contributed by atoms with Crippen LogP contribution in [0.5, 0.6) is 0 Å². The minimum Gasteiger partial charge on any atom is -0.445 e. The molecular weight excluding hydrogens is 360 g/mol. The van der Waals surface area contributed by atoms with Crippen molar-refractivity contribution in [2.24, 2.45) is 0 Å². The van der Waals surface area contributed by atoms with Gasteiger partial charge in [-0.2, -0.15) is 0 Å². The first-order valence-corrected chi connectivity index (χ1v) is 9.83. The predicted octanol–water partition coefficient (Wildman–Crippen LogP) is 3.21. The molecular formula is C21H30N2O5. The van der Waals surface area contributed by atoms with E-state index in [4.69, 9.17) is 9.47 Å². The van der Waals surface area contributed by atoms with Crippen LogP contribution in [0.2, 0.25) is 0 Å². The van der Waals surface area contributed by atoms with Crippen LogP contribution in [-0.4, -0.2) is 52.0 Å². The van der Waals surface area contributed by atoms with E-state index in [1.54, 1.807) is 4.90 Å². The predicted molar refractivity (Wildman–Crippen MR) is 104 cm³/mol. The number of rotatable bonds is 4. The lowest BCUT2D eigenvalue weighted by Gasteiger charge is -2.43. The summed E-state index contributed by atoms with van der Waals surface area (Å²) in [4.78, 5) is 26.3. The number of ether oxygens (including phenoxy) is 2. The molecule has 0 spiro atoms. The Kier molecular flexibility index (Phi) is 5.84. The number of benzene rings is 1. The lowest BCUT2D eigenvalue weighted by atomic mass is 9.86. The monoisotopic (exact) mass is 390 g/mol. The van der Waals surface area contributed by atoms with Gasteiger partial charge in [0.15, 0.2) is 0 Å². The van der Waals surface area contributed by atoms with Gasteiger partial charge >= 0.3 is 12.2 Å². The molecule has 0 radical (unpaired) electrons. The van der Waals surface area contributed by atoms with Crippen molar-refractivity contribution in [3.63, 3.8) is 0 Å². The quantitative estimate of drug-likeness (QED) is 0.824. The van der Waals surface area contributed by atoms with Gasteiger partial charge in [0.1, 0.15) is 12.2 Å². The van der Waals surface area contributed by atoms with E-state index in [2.05, 4.69) is 5.32 Å². The molecule has 0 aromatic heterocycles. The number of fused-ring (bicyclic) bond motifs is 2. The molecule has 2 N–H and O–H groups in total. The largest absolute Gasteiger partial charge is 0.445 e. The number of alkyl carbamates (subject to hydrolysis) is 1. The van der Waals surface area contributed by atoms with Crippen molar-refractivity contribution in [1.29, 1.82) is 0 Å². The molecule has 3 rings (SSSR count). The highest BCUT2D eigenvalue weighted by Crippen LogP contribution is 2.41. The fraction of sp³-hybridized carbons (Fsp3) is 0.619. The van der Waals surface area contributed by atoms with Crippen LogP contribution in [0.1, 0.15) is 52.0 Å². The molecule has 2 bridgehead atoms. The smallest absolute Gasteiger partial charge is 0.410 e. The Balaban J connectivity index is 1.50. The molecule has 154 valence electrons. The third kappa shape index (κ3) is 5.16. The summed E-state index contributed by atoms with van der Waals surface area (Å²) in [6.45, 7) is 5.83. The molecule has 2 fully saturated rings. The summed E-state index contributed by atoms with van der Waals surface area (Å²) in [6.07, 6.45) is 1.63. The van der Waals surface area contributed by atoms with Crippen molar-refractivity contribution in [2.45, 2.75) is 76.3 Å². The van der Waals surface area contributed by atoms with Crippen molar-refractivity contribution >= 4 is 12.2 Å². The van der Waals surface area contributed by atoms with Crippen LogP contribution < -0.4 is 5.32 Å². The van der Waals surface area contributed by atoms with Gasteiger partial charge in [-0.05, 0) is 52.0 Å². The summed E-state index contributed by atoms with van der Waals surface area (Å²) in [6, 6.07) is 9.29. The maximum Gasteiger partial charge on any atom is 0.410 e. The Morgan fingerprint density at radius 1 is 1.18 bits per heavy atom. The van der Waals surface area contributed by atoms with E-state index >= 15 is 0 Å². The van der Waals surface area contributed by atoms with Crippen LogP contribution in [0.15, 0.2) is 30.3 Å². The molecule has 3 atom stereocenters. The van der Waals surface area contributed by atoms with Crippen LogP contribution in [0.4, 0.5) is 9.59 Å². The number of hydrogen-bond donors (Lipinski definition) is 2. The Morgan fingerprint density at radius 3 is 2.36 bits per heavy atom. The number of amides is 2. The number of hydrogen-bond acceptors (Lipinski definition) is 5. The highest BCUT2D eigenvalue weighted by atomic mass is 16.6. The van der Waals surface area contributed by atoms with Crippen molar-refractivity contribution in [3.05, 3.63) is 35.9 Å². The summed E-state index contributed by atoms with van der Waals surface area (Å²) in [7, 11) is 0. The zero-order valence-electron chi connectivity index (χ0n) is 16.8. The average molecular weight is 390 g/mol. The van der Waals surface area contributed by atoms with Crippen LogP contribution >= 0.6 is 0 Å². The van der Waals surface area contributed by atoms with Crippen LogP contribution in [0.3, 0.4) is 0 Å². The van der Waals surface area contributed by atoms with Gasteiger partial charge in [-0.25, -0.2) is 9.59 Å². The molecule has 2 aliphatic heterocycles. The average Bonchev–Trinajstić information content (AvgIpc) is 2.90. The van der Waals surface area contributed by atoms with Crippen molar-refractivity contribution in [3.8, 4) is 0 Å². The van der Waals surface area contributed by atoms with Gasteiger partial charge in [0.05, 0.1) is 5.60 Å². The standard InChI is InChI=1S/C21H30N2O5/c1-20(2,3)28-19(25)23-16-9-10-17(23)12-21(26,11-16)14-22-18(24)27-13-15-7-5-4-6-8-15/h4-8,16-17,26H,9-14H2,1-3H3,(H,22,24)/t16-,17+,21?. The molecule has 1 unspecified atom stereocenters. The Bertz CT molecular complexity index is 686. The first-order valence-electron chi connectivity index (χ1n) is 9.83. The molecule has 2 saturated heterocycles. The number of piperidine rings is 1. The topological polar surface area (TPSA) is 88.1 Å². The maximum atomic E-state index is 12.5. The maximum absolute atomic E-state index is 12.5. The third-order valence-corrected chi connectivity index (χ3v) is 5.23. The molecule has 2 heterocycles. The Morgan fingerprint density at radius 2 is 1.79 bits per heavy atom. The number of carbonyl (C=O) groups is 2. The highest BCUT2D eigenvalue weighted by Gasteiger charge is 2.50. The minimum atomic E-state index is -1.05. The lowest BCUT2D eigenvalue weighted by molar-refractivity contribution is -0.0569. The molecule has 2 aliphatic rings. The normalized spacial score (nSPS) is 26.6. The zero-order chi connectivity index (χ0) is 20.4. The third-order valence-electron chi connectivity index (χ3n) is 5.23. The van der Waals surface area contributed by atoms with Crippen LogP contribution in [0.25, 0.3) is 0 Å². The van der Waals surface area contributed by atoms with E-state index in [9.17, 15) is 14.7 Å². The van der Waals surface area contributed by atoms with Crippen molar-refractivity contribution in [2.75, 3.05) is 6.54 Å². The molecule has 1 aromatic carbocycles. The second-order valence-corrected chi connectivity index (χ2v) is 8.82. The van der Waals surface area contributed by atoms with Crippen LogP contribution in [-0.2, 0) is 16.1 Å². The SMILES string of the molecule is CC(C)(C)OC(=O)N1[C@@H]2CC[C@H]1CC(O)(CNC(=O)OCc1ccccc1)C2. The lowest BCUT2D eigenvalue weighted by Crippen LogP contribution is -2.57. The van der Waals surface area contributed by atoms with E-state index in [1.165, 1.54) is 0 Å². The Labute approximate surface area is 166 Å². The fourth-order valence-electron chi connectivity index (χ4n) is 4.09. The van der Waals surface area contributed by atoms with Crippen molar-refractivity contribution < 1.29 is 24.2 Å². The van der Waals surface area contributed by atoms with Gasteiger partial charge in [-0.1, -0.05) is 30.3 Å². The van der Waals surface area contributed by atoms with Gasteiger partial charge in [-0.3, -0.25) is 0 Å². The van der Waals surface area contributed by atoms with Crippen LogP contribution in [0, 0.1) is 0 Å².